The third-order valence-corrected chi connectivity index (χ3v) is 8.14. The standard InChI is InChI=1S/C35H43F/c1-3-5-6-7-9-32-23-24-33-26-31(22-25-34(33)35(32)36)21-20-30-18-16-29(17-19-30)15-14-28-12-10-27(8-4-2)11-13-28/h16-19,22-28H,3-15H2,1-2H3. The van der Waals surface area contributed by atoms with E-state index in [1.165, 1.54) is 76.2 Å². The second-order valence-electron chi connectivity index (χ2n) is 10.9. The van der Waals surface area contributed by atoms with Crippen LogP contribution < -0.4 is 0 Å². The van der Waals surface area contributed by atoms with Gasteiger partial charge in [-0.15, -0.1) is 0 Å². The molecule has 0 amide bonds. The molecule has 0 saturated heterocycles. The maximum atomic E-state index is 15.0. The summed E-state index contributed by atoms with van der Waals surface area (Å²) in [4.78, 5) is 0. The zero-order valence-corrected chi connectivity index (χ0v) is 22.4. The highest BCUT2D eigenvalue weighted by atomic mass is 19.1. The van der Waals surface area contributed by atoms with Crippen molar-refractivity contribution in [2.24, 2.45) is 11.8 Å². The average molecular weight is 483 g/mol. The summed E-state index contributed by atoms with van der Waals surface area (Å²) in [5.41, 5.74) is 4.22. The first-order valence-electron chi connectivity index (χ1n) is 14.5. The molecule has 0 aliphatic heterocycles. The molecule has 1 heteroatoms. The summed E-state index contributed by atoms with van der Waals surface area (Å²) >= 11 is 0. The first-order chi connectivity index (χ1) is 17.7. The molecule has 190 valence electrons. The molecule has 3 aromatic carbocycles. The molecule has 4 rings (SSSR count). The Morgan fingerprint density at radius 1 is 0.694 bits per heavy atom. The fourth-order valence-corrected chi connectivity index (χ4v) is 5.84. The van der Waals surface area contributed by atoms with Gasteiger partial charge in [0.15, 0.2) is 0 Å². The van der Waals surface area contributed by atoms with E-state index in [2.05, 4.69) is 50.0 Å². The van der Waals surface area contributed by atoms with E-state index in [1.54, 1.807) is 0 Å². The van der Waals surface area contributed by atoms with Gasteiger partial charge in [-0.1, -0.05) is 114 Å². The van der Waals surface area contributed by atoms with E-state index in [0.29, 0.717) is 5.39 Å². The van der Waals surface area contributed by atoms with Crippen molar-refractivity contribution in [2.75, 3.05) is 0 Å². The van der Waals surface area contributed by atoms with Crippen molar-refractivity contribution in [1.29, 1.82) is 0 Å². The molecule has 0 bridgehead atoms. The third-order valence-electron chi connectivity index (χ3n) is 8.14. The van der Waals surface area contributed by atoms with Crippen LogP contribution in [0.15, 0.2) is 54.6 Å². The van der Waals surface area contributed by atoms with Gasteiger partial charge in [-0.3, -0.25) is 0 Å². The number of aryl methyl sites for hydroxylation is 2. The Bertz CT molecular complexity index is 1150. The summed E-state index contributed by atoms with van der Waals surface area (Å²) < 4.78 is 15.0. The second-order valence-corrected chi connectivity index (χ2v) is 10.9. The van der Waals surface area contributed by atoms with E-state index in [1.807, 2.05) is 30.3 Å². The molecule has 0 unspecified atom stereocenters. The molecule has 0 spiro atoms. The van der Waals surface area contributed by atoms with Gasteiger partial charge in [0.25, 0.3) is 0 Å². The minimum atomic E-state index is -0.0619. The lowest BCUT2D eigenvalue weighted by Crippen LogP contribution is -2.15. The Morgan fingerprint density at radius 2 is 1.39 bits per heavy atom. The van der Waals surface area contributed by atoms with Crippen molar-refractivity contribution < 1.29 is 4.39 Å². The van der Waals surface area contributed by atoms with Crippen LogP contribution in [0.25, 0.3) is 10.8 Å². The number of hydrogen-bond donors (Lipinski definition) is 0. The maximum absolute atomic E-state index is 15.0. The van der Waals surface area contributed by atoms with E-state index in [4.69, 9.17) is 0 Å². The van der Waals surface area contributed by atoms with Gasteiger partial charge < -0.3 is 0 Å². The molecule has 0 heterocycles. The number of fused-ring (bicyclic) bond motifs is 1. The van der Waals surface area contributed by atoms with Gasteiger partial charge in [0.05, 0.1) is 0 Å². The monoisotopic (exact) mass is 482 g/mol. The molecule has 3 aromatic rings. The van der Waals surface area contributed by atoms with E-state index in [-0.39, 0.29) is 5.82 Å². The van der Waals surface area contributed by atoms with E-state index < -0.39 is 0 Å². The molecule has 0 nitrogen and oxygen atoms in total. The smallest absolute Gasteiger partial charge is 0.134 e. The highest BCUT2D eigenvalue weighted by Gasteiger charge is 2.20. The number of rotatable bonds is 10. The SMILES string of the molecule is CCCCCCc1ccc2cc(C#Cc3ccc(CCC4CCC(CCC)CC4)cc3)ccc2c1F. The Balaban J connectivity index is 1.32. The molecule has 1 aliphatic rings. The summed E-state index contributed by atoms with van der Waals surface area (Å²) in [5, 5.41) is 1.63. The van der Waals surface area contributed by atoms with Crippen LogP contribution in [0.3, 0.4) is 0 Å². The van der Waals surface area contributed by atoms with Crippen molar-refractivity contribution >= 4 is 10.8 Å². The Hall–Kier alpha value is -2.59. The van der Waals surface area contributed by atoms with Gasteiger partial charge in [0.1, 0.15) is 5.82 Å². The van der Waals surface area contributed by atoms with Crippen LogP contribution in [-0.2, 0) is 12.8 Å². The fourth-order valence-electron chi connectivity index (χ4n) is 5.84. The third kappa shape index (κ3) is 7.46. The van der Waals surface area contributed by atoms with Crippen LogP contribution in [-0.4, -0.2) is 0 Å². The van der Waals surface area contributed by atoms with Crippen molar-refractivity contribution in [3.63, 3.8) is 0 Å². The lowest BCUT2D eigenvalue weighted by atomic mass is 9.78. The van der Waals surface area contributed by atoms with Gasteiger partial charge in [0, 0.05) is 16.5 Å². The van der Waals surface area contributed by atoms with Crippen LogP contribution in [0.2, 0.25) is 0 Å². The maximum Gasteiger partial charge on any atom is 0.134 e. The number of unbranched alkanes of at least 4 members (excludes halogenated alkanes) is 3. The molecule has 1 aliphatic carbocycles. The molecular weight excluding hydrogens is 439 g/mol. The minimum Gasteiger partial charge on any atom is -0.206 e. The number of halogens is 1. The Morgan fingerprint density at radius 3 is 2.11 bits per heavy atom. The van der Waals surface area contributed by atoms with Crippen molar-refractivity contribution in [1.82, 2.24) is 0 Å². The first kappa shape index (κ1) is 26.5. The van der Waals surface area contributed by atoms with Crippen molar-refractivity contribution in [3.8, 4) is 11.8 Å². The van der Waals surface area contributed by atoms with Crippen LogP contribution in [0.1, 0.15) is 107 Å². The second kappa shape index (κ2) is 13.6. The van der Waals surface area contributed by atoms with Crippen LogP contribution in [0, 0.1) is 29.5 Å². The average Bonchev–Trinajstić information content (AvgIpc) is 2.91. The van der Waals surface area contributed by atoms with E-state index in [9.17, 15) is 4.39 Å². The number of hydrogen-bond acceptors (Lipinski definition) is 0. The molecule has 0 radical (unpaired) electrons. The Kier molecular flexibility index (Phi) is 10.0. The number of benzene rings is 3. The molecule has 0 aromatic heterocycles. The summed E-state index contributed by atoms with van der Waals surface area (Å²) in [6.07, 6.45) is 16.4. The zero-order chi connectivity index (χ0) is 25.2. The highest BCUT2D eigenvalue weighted by Crippen LogP contribution is 2.33. The fraction of sp³-hybridized carbons (Fsp3) is 0.486. The Labute approximate surface area is 218 Å². The largest absolute Gasteiger partial charge is 0.206 e. The molecule has 0 N–H and O–H groups in total. The molecule has 1 fully saturated rings. The van der Waals surface area contributed by atoms with E-state index >= 15 is 0 Å². The van der Waals surface area contributed by atoms with Crippen LogP contribution in [0.5, 0.6) is 0 Å². The predicted octanol–water partition coefficient (Wildman–Crippen LogP) is 10.0. The predicted molar refractivity (Wildman–Crippen MR) is 153 cm³/mol. The highest BCUT2D eigenvalue weighted by molar-refractivity contribution is 5.85. The lowest BCUT2D eigenvalue weighted by molar-refractivity contribution is 0.252. The van der Waals surface area contributed by atoms with Gasteiger partial charge in [-0.25, -0.2) is 4.39 Å². The van der Waals surface area contributed by atoms with Gasteiger partial charge in [0.2, 0.25) is 0 Å². The van der Waals surface area contributed by atoms with Crippen LogP contribution >= 0.6 is 0 Å². The van der Waals surface area contributed by atoms with E-state index in [0.717, 1.165) is 46.8 Å². The summed E-state index contributed by atoms with van der Waals surface area (Å²) in [7, 11) is 0. The minimum absolute atomic E-state index is 0.0619. The normalized spacial score (nSPS) is 17.6. The molecule has 36 heavy (non-hydrogen) atoms. The molecular formula is C35H43F. The quantitative estimate of drug-likeness (QED) is 0.199. The molecule has 0 atom stereocenters. The van der Waals surface area contributed by atoms with Gasteiger partial charge in [-0.2, -0.15) is 0 Å². The van der Waals surface area contributed by atoms with Crippen molar-refractivity contribution in [2.45, 2.75) is 97.3 Å². The van der Waals surface area contributed by atoms with Gasteiger partial charge in [-0.05, 0) is 78.3 Å². The molecule has 1 saturated carbocycles. The van der Waals surface area contributed by atoms with Crippen LogP contribution in [0.4, 0.5) is 4.39 Å². The summed E-state index contributed by atoms with van der Waals surface area (Å²) in [5.74, 6) is 8.41. The lowest BCUT2D eigenvalue weighted by Gasteiger charge is -2.28. The zero-order valence-electron chi connectivity index (χ0n) is 22.4. The summed E-state index contributed by atoms with van der Waals surface area (Å²) in [6.45, 7) is 4.51. The van der Waals surface area contributed by atoms with Crippen molar-refractivity contribution in [3.05, 3.63) is 82.7 Å². The first-order valence-corrected chi connectivity index (χ1v) is 14.5. The van der Waals surface area contributed by atoms with Gasteiger partial charge >= 0.3 is 0 Å². The summed E-state index contributed by atoms with van der Waals surface area (Å²) in [6, 6.07) is 18.6. The topological polar surface area (TPSA) is 0 Å².